The topological polar surface area (TPSA) is 63.6 Å². The Morgan fingerprint density at radius 2 is 1.67 bits per heavy atom. The van der Waals surface area contributed by atoms with Gasteiger partial charge in [0.25, 0.3) is 0 Å². The van der Waals surface area contributed by atoms with E-state index in [0.29, 0.717) is 18.1 Å². The van der Waals surface area contributed by atoms with Crippen LogP contribution in [0.2, 0.25) is 0 Å². The molecule has 128 valence electrons. The molecule has 0 aliphatic carbocycles. The Hall–Kier alpha value is -2.14. The minimum atomic E-state index is -0.979. The van der Waals surface area contributed by atoms with Crippen molar-refractivity contribution in [3.05, 3.63) is 65.2 Å². The Kier molecular flexibility index (Phi) is 7.00. The van der Waals surface area contributed by atoms with Gasteiger partial charge in [0.15, 0.2) is 0 Å². The maximum Gasteiger partial charge on any atom is 0.335 e. The Bertz CT molecular complexity index is 678. The zero-order valence-corrected chi connectivity index (χ0v) is 14.6. The Balaban J connectivity index is 1.69. The van der Waals surface area contributed by atoms with Crippen LogP contribution in [0.3, 0.4) is 0 Å². The van der Waals surface area contributed by atoms with Gasteiger partial charge in [0.05, 0.1) is 12.2 Å². The van der Waals surface area contributed by atoms with Crippen LogP contribution < -0.4 is 4.74 Å². The van der Waals surface area contributed by atoms with Crippen molar-refractivity contribution >= 4 is 16.8 Å². The molecule has 0 aliphatic rings. The molecule has 0 saturated carbocycles. The predicted octanol–water partition coefficient (Wildman–Crippen LogP) is 3.67. The van der Waals surface area contributed by atoms with E-state index in [2.05, 4.69) is 6.92 Å². The summed E-state index contributed by atoms with van der Waals surface area (Å²) in [5, 5.41) is 8.85. The van der Waals surface area contributed by atoms with Gasteiger partial charge in [0.2, 0.25) is 0 Å². The summed E-state index contributed by atoms with van der Waals surface area (Å²) in [5.41, 5.74) is 2.40. The number of carboxylic acids is 1. The molecule has 0 radical (unpaired) electrons. The molecule has 0 spiro atoms. The lowest BCUT2D eigenvalue weighted by Crippen LogP contribution is -2.06. The van der Waals surface area contributed by atoms with E-state index in [1.807, 2.05) is 24.3 Å². The average Bonchev–Trinajstić information content (AvgIpc) is 2.59. The fourth-order valence-electron chi connectivity index (χ4n) is 2.23. The maximum atomic E-state index is 12.1. The minimum absolute atomic E-state index is 0.243. The van der Waals surface area contributed by atoms with E-state index < -0.39 is 16.8 Å². The highest BCUT2D eigenvalue weighted by atomic mass is 32.2. The monoisotopic (exact) mass is 346 g/mol. The largest absolute Gasteiger partial charge is 0.494 e. The van der Waals surface area contributed by atoms with Crippen LogP contribution in [0, 0.1) is 0 Å². The van der Waals surface area contributed by atoms with Gasteiger partial charge in [0, 0.05) is 22.3 Å². The van der Waals surface area contributed by atoms with Gasteiger partial charge in [0.1, 0.15) is 5.75 Å². The fraction of sp³-hybridized carbons (Fsp3) is 0.316. The zero-order valence-electron chi connectivity index (χ0n) is 13.7. The molecule has 24 heavy (non-hydrogen) atoms. The average molecular weight is 346 g/mol. The smallest absolute Gasteiger partial charge is 0.335 e. The number of hydrogen-bond acceptors (Lipinski definition) is 3. The Morgan fingerprint density at radius 3 is 2.25 bits per heavy atom. The summed E-state index contributed by atoms with van der Waals surface area (Å²) < 4.78 is 17.7. The third kappa shape index (κ3) is 5.81. The normalized spacial score (nSPS) is 11.9. The number of carboxylic acid groups (broad SMARTS) is 1. The number of aryl methyl sites for hydroxylation is 1. The van der Waals surface area contributed by atoms with Gasteiger partial charge < -0.3 is 9.84 Å². The second-order valence-electron chi connectivity index (χ2n) is 5.49. The molecule has 0 aromatic heterocycles. The van der Waals surface area contributed by atoms with Crippen LogP contribution in [-0.2, 0) is 23.0 Å². The molecule has 1 N–H and O–H groups in total. The molecule has 4 nitrogen and oxygen atoms in total. The molecular formula is C19H22O4S. The van der Waals surface area contributed by atoms with Crippen LogP contribution in [0.25, 0.3) is 0 Å². The van der Waals surface area contributed by atoms with E-state index in [0.717, 1.165) is 24.2 Å². The maximum absolute atomic E-state index is 12.1. The molecule has 2 aromatic rings. The minimum Gasteiger partial charge on any atom is -0.494 e. The summed E-state index contributed by atoms with van der Waals surface area (Å²) in [6.45, 7) is 2.65. The third-order valence-corrected chi connectivity index (χ3v) is 5.04. The first-order valence-corrected chi connectivity index (χ1v) is 9.46. The summed E-state index contributed by atoms with van der Waals surface area (Å²) in [4.78, 5) is 10.8. The second kappa shape index (κ2) is 9.23. The van der Waals surface area contributed by atoms with E-state index in [4.69, 9.17) is 9.84 Å². The summed E-state index contributed by atoms with van der Waals surface area (Å²) in [6, 6.07) is 14.5. The highest BCUT2D eigenvalue weighted by Crippen LogP contribution is 2.13. The van der Waals surface area contributed by atoms with Gasteiger partial charge in [-0.15, -0.1) is 0 Å². The van der Waals surface area contributed by atoms with E-state index >= 15 is 0 Å². The van der Waals surface area contributed by atoms with Crippen molar-refractivity contribution in [1.29, 1.82) is 0 Å². The quantitative estimate of drug-likeness (QED) is 0.704. The predicted molar refractivity (Wildman–Crippen MR) is 96.0 cm³/mol. The molecule has 0 saturated heterocycles. The van der Waals surface area contributed by atoms with Crippen LogP contribution in [0.4, 0.5) is 0 Å². The van der Waals surface area contributed by atoms with Crippen molar-refractivity contribution in [3.63, 3.8) is 0 Å². The molecule has 0 amide bonds. The Morgan fingerprint density at radius 1 is 1.04 bits per heavy atom. The van der Waals surface area contributed by atoms with Crippen LogP contribution in [-0.4, -0.2) is 27.6 Å². The van der Waals surface area contributed by atoms with E-state index in [-0.39, 0.29) is 5.56 Å². The van der Waals surface area contributed by atoms with Crippen LogP contribution in [0.1, 0.15) is 34.8 Å². The number of rotatable bonds is 9. The summed E-state index contributed by atoms with van der Waals surface area (Å²) in [7, 11) is -0.979. The van der Waals surface area contributed by atoms with E-state index in [1.165, 1.54) is 17.7 Å². The van der Waals surface area contributed by atoms with Crippen molar-refractivity contribution in [3.8, 4) is 5.75 Å². The van der Waals surface area contributed by atoms with Gasteiger partial charge in [-0.2, -0.15) is 0 Å². The first-order valence-electron chi connectivity index (χ1n) is 7.97. The first kappa shape index (κ1) is 18.2. The molecule has 1 atom stereocenters. The molecule has 1 unspecified atom stereocenters. The van der Waals surface area contributed by atoms with Gasteiger partial charge in [-0.05, 0) is 48.2 Å². The van der Waals surface area contributed by atoms with Crippen LogP contribution in [0.5, 0.6) is 5.75 Å². The number of benzene rings is 2. The molecule has 2 aromatic carbocycles. The van der Waals surface area contributed by atoms with E-state index in [9.17, 15) is 9.00 Å². The lowest BCUT2D eigenvalue weighted by molar-refractivity contribution is 0.0697. The highest BCUT2D eigenvalue weighted by molar-refractivity contribution is 7.84. The molecule has 0 fully saturated rings. The van der Waals surface area contributed by atoms with Crippen molar-refractivity contribution in [2.24, 2.45) is 0 Å². The molecule has 0 bridgehead atoms. The first-order chi connectivity index (χ1) is 11.6. The molecule has 0 heterocycles. The zero-order chi connectivity index (χ0) is 17.4. The van der Waals surface area contributed by atoms with Crippen molar-refractivity contribution in [2.45, 2.75) is 25.5 Å². The van der Waals surface area contributed by atoms with Gasteiger partial charge >= 0.3 is 5.97 Å². The van der Waals surface area contributed by atoms with Crippen molar-refractivity contribution < 1.29 is 18.8 Å². The molecule has 2 rings (SSSR count). The van der Waals surface area contributed by atoms with Gasteiger partial charge in [-0.25, -0.2) is 4.79 Å². The summed E-state index contributed by atoms with van der Waals surface area (Å²) in [5.74, 6) is 0.882. The molecular weight excluding hydrogens is 324 g/mol. The third-order valence-electron chi connectivity index (χ3n) is 3.65. The van der Waals surface area contributed by atoms with Gasteiger partial charge in [-0.1, -0.05) is 31.2 Å². The number of carbonyl (C=O) groups is 1. The second-order valence-corrected chi connectivity index (χ2v) is 7.07. The highest BCUT2D eigenvalue weighted by Gasteiger charge is 2.05. The number of ether oxygens (including phenoxy) is 1. The van der Waals surface area contributed by atoms with Crippen LogP contribution >= 0.6 is 0 Å². The standard InChI is InChI=1S/C19H22O4S/c1-2-15-6-10-18(11-7-15)23-12-3-13-24(22)14-16-4-8-17(9-5-16)19(20)21/h4-11H,2-3,12-14H2,1H3,(H,20,21). The summed E-state index contributed by atoms with van der Waals surface area (Å²) >= 11 is 0. The van der Waals surface area contributed by atoms with Gasteiger partial charge in [-0.3, -0.25) is 4.21 Å². The van der Waals surface area contributed by atoms with Crippen molar-refractivity contribution in [2.75, 3.05) is 12.4 Å². The summed E-state index contributed by atoms with van der Waals surface area (Å²) in [6.07, 6.45) is 1.72. The molecule has 5 heteroatoms. The number of aromatic carboxylic acids is 1. The lowest BCUT2D eigenvalue weighted by Gasteiger charge is -2.07. The number of hydrogen-bond donors (Lipinski definition) is 1. The molecule has 0 aliphatic heterocycles. The van der Waals surface area contributed by atoms with Crippen molar-refractivity contribution in [1.82, 2.24) is 0 Å². The lowest BCUT2D eigenvalue weighted by atomic mass is 10.1. The van der Waals surface area contributed by atoms with Crippen LogP contribution in [0.15, 0.2) is 48.5 Å². The SMILES string of the molecule is CCc1ccc(OCCCS(=O)Cc2ccc(C(=O)O)cc2)cc1. The Labute approximate surface area is 144 Å². The van der Waals surface area contributed by atoms with E-state index in [1.54, 1.807) is 12.1 Å². The fourth-order valence-corrected chi connectivity index (χ4v) is 3.38.